The molecule has 2 N–H and O–H groups in total. The Morgan fingerprint density at radius 1 is 1.50 bits per heavy atom. The highest BCUT2D eigenvalue weighted by Gasteiger charge is 2.23. The molecule has 0 saturated carbocycles. The van der Waals surface area contributed by atoms with Gasteiger partial charge in [0.05, 0.1) is 0 Å². The molecule has 4 heteroatoms. The second kappa shape index (κ2) is 3.83. The molecule has 1 heterocycles. The first-order chi connectivity index (χ1) is 5.51. The summed E-state index contributed by atoms with van der Waals surface area (Å²) in [5, 5.41) is 0.549. The normalized spacial score (nSPS) is 23.3. The van der Waals surface area contributed by atoms with Gasteiger partial charge in [-0.1, -0.05) is 13.8 Å². The fourth-order valence-electron chi connectivity index (χ4n) is 1.24. The van der Waals surface area contributed by atoms with Crippen LogP contribution in [0.25, 0.3) is 0 Å². The van der Waals surface area contributed by atoms with Crippen molar-refractivity contribution in [3.8, 4) is 0 Å². The highest BCUT2D eigenvalue weighted by molar-refractivity contribution is 8.00. The lowest BCUT2D eigenvalue weighted by Crippen LogP contribution is -2.37. The van der Waals surface area contributed by atoms with Crippen molar-refractivity contribution in [2.75, 3.05) is 18.8 Å². The van der Waals surface area contributed by atoms with Crippen molar-refractivity contribution < 1.29 is 0 Å². The molecule has 1 aliphatic heterocycles. The van der Waals surface area contributed by atoms with Gasteiger partial charge >= 0.3 is 0 Å². The van der Waals surface area contributed by atoms with Crippen LogP contribution in [0.4, 0.5) is 0 Å². The van der Waals surface area contributed by atoms with E-state index in [-0.39, 0.29) is 0 Å². The van der Waals surface area contributed by atoms with Gasteiger partial charge in [-0.25, -0.2) is 0 Å². The molecule has 0 aromatic rings. The maximum absolute atomic E-state index is 5.57. The molecule has 0 aromatic heterocycles. The topological polar surface area (TPSA) is 29.3 Å². The number of hydrogen-bond acceptors (Lipinski definition) is 2. The first-order valence-electron chi connectivity index (χ1n) is 4.20. The van der Waals surface area contributed by atoms with Crippen LogP contribution in [0, 0.1) is 0 Å². The Kier molecular flexibility index (Phi) is 3.23. The highest BCUT2D eigenvalue weighted by Crippen LogP contribution is 2.30. The van der Waals surface area contributed by atoms with Crippen molar-refractivity contribution in [2.24, 2.45) is 5.73 Å². The Bertz CT molecular complexity index is 180. The van der Waals surface area contributed by atoms with Gasteiger partial charge in [0.25, 0.3) is 0 Å². The van der Waals surface area contributed by atoms with Crippen LogP contribution in [-0.4, -0.2) is 33.6 Å². The number of nitrogens with zero attached hydrogens (tertiary/aromatic N) is 1. The molecule has 1 fully saturated rings. The molecular weight excluding hydrogens is 188 g/mol. The van der Waals surface area contributed by atoms with Gasteiger partial charge in [-0.05, 0) is 18.6 Å². The predicted octanol–water partition coefficient (Wildman–Crippen LogP) is 1.45. The average molecular weight is 204 g/mol. The van der Waals surface area contributed by atoms with Crippen molar-refractivity contribution in [1.82, 2.24) is 4.90 Å². The Balaban J connectivity index is 2.50. The lowest BCUT2D eigenvalue weighted by molar-refractivity contribution is 0.425. The minimum atomic E-state index is 0.388. The molecule has 0 aromatic carbocycles. The van der Waals surface area contributed by atoms with Crippen LogP contribution in [0.1, 0.15) is 20.3 Å². The summed E-state index contributed by atoms with van der Waals surface area (Å²) < 4.78 is 0.388. The smallest absolute Gasteiger partial charge is 0.166 e. The fraction of sp³-hybridized carbons (Fsp3) is 0.875. The molecule has 1 rings (SSSR count). The Morgan fingerprint density at radius 2 is 2.17 bits per heavy atom. The number of thioether (sulfide) groups is 1. The van der Waals surface area contributed by atoms with Crippen LogP contribution in [0.15, 0.2) is 0 Å². The molecule has 0 aliphatic carbocycles. The second-order valence-corrected chi connectivity index (χ2v) is 5.90. The third-order valence-corrected chi connectivity index (χ3v) is 3.78. The van der Waals surface area contributed by atoms with E-state index in [9.17, 15) is 0 Å². The average Bonchev–Trinajstić information content (AvgIpc) is 2.10. The van der Waals surface area contributed by atoms with E-state index < -0.39 is 0 Å². The summed E-state index contributed by atoms with van der Waals surface area (Å²) in [5.41, 5.74) is 5.57. The standard InChI is InChI=1S/C8H16N2S2/c1-8(2)3-4-10(7(9)11)5-6-12-8/h3-6H2,1-2H3,(H2,9,11). The van der Waals surface area contributed by atoms with Crippen molar-refractivity contribution in [2.45, 2.75) is 25.0 Å². The van der Waals surface area contributed by atoms with Crippen LogP contribution >= 0.6 is 24.0 Å². The number of nitrogens with two attached hydrogens (primary N) is 1. The number of thiocarbonyl (C=S) groups is 1. The summed E-state index contributed by atoms with van der Waals surface area (Å²) in [6.07, 6.45) is 1.16. The molecule has 0 radical (unpaired) electrons. The lowest BCUT2D eigenvalue weighted by Gasteiger charge is -2.22. The van der Waals surface area contributed by atoms with Gasteiger partial charge in [0.1, 0.15) is 0 Å². The van der Waals surface area contributed by atoms with Crippen LogP contribution in [0.5, 0.6) is 0 Å². The Hall–Kier alpha value is 0.0400. The first-order valence-corrected chi connectivity index (χ1v) is 5.59. The van der Waals surface area contributed by atoms with E-state index in [0.29, 0.717) is 9.86 Å². The van der Waals surface area contributed by atoms with Crippen LogP contribution in [0.3, 0.4) is 0 Å². The van der Waals surface area contributed by atoms with Gasteiger partial charge in [-0.2, -0.15) is 11.8 Å². The van der Waals surface area contributed by atoms with Gasteiger partial charge in [-0.3, -0.25) is 0 Å². The zero-order chi connectivity index (χ0) is 9.19. The largest absolute Gasteiger partial charge is 0.376 e. The quantitative estimate of drug-likeness (QED) is 0.605. The second-order valence-electron chi connectivity index (χ2n) is 3.68. The molecular formula is C8H16N2S2. The third-order valence-electron chi connectivity index (χ3n) is 2.15. The van der Waals surface area contributed by atoms with Crippen LogP contribution in [0.2, 0.25) is 0 Å². The SMILES string of the molecule is CC1(C)CCN(C(N)=S)CCS1. The zero-order valence-corrected chi connectivity index (χ0v) is 9.30. The maximum atomic E-state index is 5.57. The summed E-state index contributed by atoms with van der Waals surface area (Å²) >= 11 is 6.95. The van der Waals surface area contributed by atoms with Crippen molar-refractivity contribution in [3.63, 3.8) is 0 Å². The summed E-state index contributed by atoms with van der Waals surface area (Å²) in [6, 6.07) is 0. The van der Waals surface area contributed by atoms with Crippen LogP contribution in [-0.2, 0) is 0 Å². The molecule has 0 bridgehead atoms. The van der Waals surface area contributed by atoms with Crippen molar-refractivity contribution in [3.05, 3.63) is 0 Å². The van der Waals surface area contributed by atoms with E-state index in [1.807, 2.05) is 11.8 Å². The van der Waals surface area contributed by atoms with E-state index in [1.165, 1.54) is 0 Å². The number of hydrogen-bond donors (Lipinski definition) is 1. The molecule has 0 atom stereocenters. The molecule has 0 amide bonds. The minimum absolute atomic E-state index is 0.388. The van der Waals surface area contributed by atoms with Crippen molar-refractivity contribution in [1.29, 1.82) is 0 Å². The monoisotopic (exact) mass is 204 g/mol. The zero-order valence-electron chi connectivity index (χ0n) is 7.67. The van der Waals surface area contributed by atoms with Gasteiger partial charge in [-0.15, -0.1) is 0 Å². The Morgan fingerprint density at radius 3 is 2.75 bits per heavy atom. The van der Waals surface area contributed by atoms with Gasteiger partial charge in [0.2, 0.25) is 0 Å². The summed E-state index contributed by atoms with van der Waals surface area (Å²) in [5.74, 6) is 1.13. The van der Waals surface area contributed by atoms with Gasteiger partial charge in [0.15, 0.2) is 5.11 Å². The highest BCUT2D eigenvalue weighted by atomic mass is 32.2. The third kappa shape index (κ3) is 2.83. The van der Waals surface area contributed by atoms with Crippen molar-refractivity contribution >= 4 is 29.1 Å². The minimum Gasteiger partial charge on any atom is -0.376 e. The molecule has 2 nitrogen and oxygen atoms in total. The Labute approximate surface area is 83.9 Å². The molecule has 0 unspecified atom stereocenters. The van der Waals surface area contributed by atoms with E-state index in [1.54, 1.807) is 0 Å². The summed E-state index contributed by atoms with van der Waals surface area (Å²) in [7, 11) is 0. The first kappa shape index (κ1) is 10.1. The van der Waals surface area contributed by atoms with E-state index in [2.05, 4.69) is 18.7 Å². The van der Waals surface area contributed by atoms with E-state index in [4.69, 9.17) is 18.0 Å². The predicted molar refractivity (Wildman–Crippen MR) is 59.5 cm³/mol. The molecule has 0 spiro atoms. The summed E-state index contributed by atoms with van der Waals surface area (Å²) in [6.45, 7) is 6.57. The van der Waals surface area contributed by atoms with Gasteiger partial charge in [0, 0.05) is 23.6 Å². The molecule has 12 heavy (non-hydrogen) atoms. The molecule has 1 aliphatic rings. The molecule has 70 valence electrons. The lowest BCUT2D eigenvalue weighted by atomic mass is 10.1. The molecule has 1 saturated heterocycles. The maximum Gasteiger partial charge on any atom is 0.166 e. The van der Waals surface area contributed by atoms with Gasteiger partial charge < -0.3 is 10.6 Å². The fourth-order valence-corrected chi connectivity index (χ4v) is 2.52. The van der Waals surface area contributed by atoms with E-state index >= 15 is 0 Å². The van der Waals surface area contributed by atoms with Crippen LogP contribution < -0.4 is 5.73 Å². The van der Waals surface area contributed by atoms with E-state index in [0.717, 1.165) is 25.3 Å². The number of rotatable bonds is 0. The summed E-state index contributed by atoms with van der Waals surface area (Å²) in [4.78, 5) is 2.09.